The van der Waals surface area contributed by atoms with E-state index in [1.54, 1.807) is 12.4 Å². The first-order chi connectivity index (χ1) is 25.0. The van der Waals surface area contributed by atoms with E-state index < -0.39 is 0 Å². The zero-order valence-electron chi connectivity index (χ0n) is 29.1. The van der Waals surface area contributed by atoms with Crippen molar-refractivity contribution >= 4 is 39.8 Å². The lowest BCUT2D eigenvalue weighted by molar-refractivity contribution is 0.298. The molecule has 4 rings (SSSR count). The number of hydrogen-bond acceptors (Lipinski definition) is 13. The Kier molecular flexibility index (Phi) is 15.8. The fourth-order valence-corrected chi connectivity index (χ4v) is 4.86. The van der Waals surface area contributed by atoms with Crippen molar-refractivity contribution in [1.82, 2.24) is 0 Å². The van der Waals surface area contributed by atoms with Gasteiger partial charge in [-0.15, -0.1) is 0 Å². The fraction of sp³-hybridized carbons (Fsp3) is 0.316. The van der Waals surface area contributed by atoms with E-state index in [2.05, 4.69) is 15.4 Å². The first kappa shape index (κ1) is 38.5. The van der Waals surface area contributed by atoms with Crippen LogP contribution in [0.2, 0.25) is 0 Å². The van der Waals surface area contributed by atoms with Crippen molar-refractivity contribution in [2.24, 2.45) is 44.6 Å². The Hall–Kier alpha value is -5.34. The maximum Gasteiger partial charge on any atom is 0.125 e. The number of fused-ring (bicyclic) bond motifs is 1. The largest absolute Gasteiger partial charge is 0.493 e. The molecule has 0 unspecified atom stereocenters. The van der Waals surface area contributed by atoms with Crippen molar-refractivity contribution in [2.45, 2.75) is 25.7 Å². The zero-order valence-corrected chi connectivity index (χ0v) is 29.1. The minimum Gasteiger partial charge on any atom is -0.493 e. The van der Waals surface area contributed by atoms with Crippen LogP contribution in [0.5, 0.6) is 23.0 Å². The molecule has 272 valence electrons. The predicted molar refractivity (Wildman–Crippen MR) is 208 cm³/mol. The second kappa shape index (κ2) is 21.0. The van der Waals surface area contributed by atoms with Gasteiger partial charge in [0.2, 0.25) is 0 Å². The van der Waals surface area contributed by atoms with Crippen LogP contribution in [0.4, 0.5) is 11.4 Å². The Bertz CT molecular complexity index is 1720. The molecule has 0 amide bonds. The first-order valence-electron chi connectivity index (χ1n) is 17.2. The molecule has 4 aromatic rings. The van der Waals surface area contributed by atoms with Gasteiger partial charge in [-0.05, 0) is 80.3 Å². The van der Waals surface area contributed by atoms with Crippen molar-refractivity contribution in [3.05, 3.63) is 90.1 Å². The third-order valence-corrected chi connectivity index (χ3v) is 7.55. The molecule has 0 fully saturated rings. The van der Waals surface area contributed by atoms with Crippen molar-refractivity contribution < 1.29 is 18.9 Å². The lowest BCUT2D eigenvalue weighted by Crippen LogP contribution is -2.08. The number of rotatable bonds is 22. The van der Waals surface area contributed by atoms with Gasteiger partial charge in [-0.25, -0.2) is 0 Å². The van der Waals surface area contributed by atoms with E-state index in [9.17, 15) is 0 Å². The van der Waals surface area contributed by atoms with Gasteiger partial charge < -0.3 is 58.8 Å². The molecule has 0 radical (unpaired) electrons. The van der Waals surface area contributed by atoms with E-state index in [1.165, 1.54) is 0 Å². The average molecular weight is 698 g/mol. The molecule has 0 aliphatic rings. The maximum atomic E-state index is 6.55. The van der Waals surface area contributed by atoms with Crippen LogP contribution in [0, 0.1) is 0 Å². The summed E-state index contributed by atoms with van der Waals surface area (Å²) < 4.78 is 23.5. The molecule has 13 heteroatoms. The van der Waals surface area contributed by atoms with Crippen molar-refractivity contribution in [3.63, 3.8) is 0 Å². The molecule has 4 aromatic carbocycles. The molecule has 0 saturated carbocycles. The summed E-state index contributed by atoms with van der Waals surface area (Å²) in [7, 11) is 0. The zero-order chi connectivity index (χ0) is 36.3. The maximum absolute atomic E-state index is 6.55. The van der Waals surface area contributed by atoms with Crippen LogP contribution in [0.1, 0.15) is 36.8 Å². The Morgan fingerprint density at radius 3 is 1.55 bits per heavy atom. The number of anilines is 1. The monoisotopic (exact) mass is 697 g/mol. The number of nitrogens with zero attached hydrogens (tertiary/aromatic N) is 2. The molecule has 13 nitrogen and oxygen atoms in total. The highest BCUT2D eigenvalue weighted by molar-refractivity contribution is 6.38. The molecule has 0 aliphatic heterocycles. The highest BCUT2D eigenvalue weighted by Crippen LogP contribution is 2.30. The SMILES string of the molecule is NCCCOc1cc(N=CC(=NN)c2ccc3ccc(/C(N)=C/Nc4cc(OCCCN)cc(OCCCN)c4)cc3c2)cc(OCCCN)c1. The van der Waals surface area contributed by atoms with E-state index in [0.717, 1.165) is 53.3 Å². The van der Waals surface area contributed by atoms with Gasteiger partial charge in [0.1, 0.15) is 28.7 Å². The predicted octanol–water partition coefficient (Wildman–Crippen LogP) is 4.18. The van der Waals surface area contributed by atoms with Gasteiger partial charge in [-0.3, -0.25) is 4.99 Å². The average Bonchev–Trinajstić information content (AvgIpc) is 3.14. The van der Waals surface area contributed by atoms with E-state index >= 15 is 0 Å². The van der Waals surface area contributed by atoms with Crippen LogP contribution < -0.4 is 58.8 Å². The van der Waals surface area contributed by atoms with Gasteiger partial charge in [0.05, 0.1) is 44.0 Å². The number of nitrogens with one attached hydrogen (secondary N) is 1. The molecule has 0 bridgehead atoms. The normalized spacial score (nSPS) is 12.0. The van der Waals surface area contributed by atoms with Gasteiger partial charge in [0, 0.05) is 53.8 Å². The summed E-state index contributed by atoms with van der Waals surface area (Å²) in [6.07, 6.45) is 6.31. The Morgan fingerprint density at radius 2 is 1.06 bits per heavy atom. The van der Waals surface area contributed by atoms with Gasteiger partial charge in [0.15, 0.2) is 0 Å². The highest BCUT2D eigenvalue weighted by Gasteiger charge is 2.08. The van der Waals surface area contributed by atoms with Crippen LogP contribution in [-0.2, 0) is 0 Å². The summed E-state index contributed by atoms with van der Waals surface area (Å²) in [6.45, 7) is 4.15. The smallest absolute Gasteiger partial charge is 0.125 e. The molecular formula is C38H51N9O4. The molecule has 0 saturated heterocycles. The van der Waals surface area contributed by atoms with Crippen LogP contribution in [-0.4, -0.2) is 64.5 Å². The van der Waals surface area contributed by atoms with Crippen LogP contribution in [0.25, 0.3) is 16.5 Å². The van der Waals surface area contributed by atoms with E-state index in [-0.39, 0.29) is 0 Å². The summed E-state index contributed by atoms with van der Waals surface area (Å²) in [4.78, 5) is 4.65. The molecule has 0 heterocycles. The number of hydrogen-bond donors (Lipinski definition) is 7. The van der Waals surface area contributed by atoms with Gasteiger partial charge in [-0.1, -0.05) is 24.3 Å². The third-order valence-electron chi connectivity index (χ3n) is 7.55. The van der Waals surface area contributed by atoms with Crippen molar-refractivity contribution in [1.29, 1.82) is 0 Å². The van der Waals surface area contributed by atoms with Crippen LogP contribution in [0.15, 0.2) is 89.1 Å². The van der Waals surface area contributed by atoms with Crippen LogP contribution >= 0.6 is 0 Å². The minimum atomic E-state index is 0.486. The molecule has 51 heavy (non-hydrogen) atoms. The van der Waals surface area contributed by atoms with E-state index in [0.29, 0.717) is 92.7 Å². The fourth-order valence-electron chi connectivity index (χ4n) is 4.86. The third kappa shape index (κ3) is 12.5. The second-order valence-electron chi connectivity index (χ2n) is 11.6. The molecule has 0 spiro atoms. The lowest BCUT2D eigenvalue weighted by Gasteiger charge is -2.13. The van der Waals surface area contributed by atoms with Crippen molar-refractivity contribution in [2.75, 3.05) is 57.9 Å². The summed E-state index contributed by atoms with van der Waals surface area (Å²) >= 11 is 0. The Morgan fingerprint density at radius 1 is 0.588 bits per heavy atom. The number of aliphatic imine (C=N–C) groups is 1. The Balaban J connectivity index is 1.53. The number of nitrogens with two attached hydrogens (primary N) is 6. The summed E-state index contributed by atoms with van der Waals surface area (Å²) in [5.41, 5.74) is 33.1. The van der Waals surface area contributed by atoms with Gasteiger partial charge in [0.25, 0.3) is 0 Å². The highest BCUT2D eigenvalue weighted by atomic mass is 16.5. The Labute approximate surface area is 299 Å². The number of ether oxygens (including phenoxy) is 4. The van der Waals surface area contributed by atoms with Crippen LogP contribution in [0.3, 0.4) is 0 Å². The van der Waals surface area contributed by atoms with E-state index in [1.807, 2.05) is 72.8 Å². The second-order valence-corrected chi connectivity index (χ2v) is 11.6. The molecule has 0 aromatic heterocycles. The van der Waals surface area contributed by atoms with Crippen molar-refractivity contribution in [3.8, 4) is 23.0 Å². The molecule has 0 atom stereocenters. The molecule has 13 N–H and O–H groups in total. The summed E-state index contributed by atoms with van der Waals surface area (Å²) in [6, 6.07) is 23.1. The molecule has 0 aliphatic carbocycles. The lowest BCUT2D eigenvalue weighted by atomic mass is 10.0. The number of benzene rings is 4. The quantitative estimate of drug-likeness (QED) is 0.0266. The van der Waals surface area contributed by atoms with E-state index in [4.69, 9.17) is 53.5 Å². The summed E-state index contributed by atoms with van der Waals surface area (Å²) in [5.74, 6) is 8.45. The molecular weight excluding hydrogens is 646 g/mol. The summed E-state index contributed by atoms with van der Waals surface area (Å²) in [5, 5.41) is 9.29. The topological polar surface area (TPSA) is 230 Å². The first-order valence-corrected chi connectivity index (χ1v) is 17.2. The minimum absolute atomic E-state index is 0.486. The van der Waals surface area contributed by atoms with Gasteiger partial charge in [-0.2, -0.15) is 5.10 Å². The van der Waals surface area contributed by atoms with Gasteiger partial charge >= 0.3 is 0 Å². The standard InChI is InChI=1S/C38H51N9O4/c39-9-1-13-48-33-19-31(20-34(23-33)49-14-2-10-40)45-25-37(43)28-7-5-27-6-8-29(18-30(27)17-28)38(47-44)26-46-32-21-35(50-15-3-11-41)24-36(22-32)51-16-4-12-42/h5-8,17-26,45H,1-4,9-16,39-44H2/b37-25-,46-26?,47-38?. The number of hydrazone groups is 1.